The van der Waals surface area contributed by atoms with Crippen molar-refractivity contribution in [3.05, 3.63) is 64.0 Å². The van der Waals surface area contributed by atoms with E-state index >= 15 is 0 Å². The number of carbonyl (C=O) groups is 1. The topological polar surface area (TPSA) is 58.2 Å². The van der Waals surface area contributed by atoms with Crippen molar-refractivity contribution in [3.8, 4) is 11.3 Å². The van der Waals surface area contributed by atoms with E-state index < -0.39 is 0 Å². The summed E-state index contributed by atoms with van der Waals surface area (Å²) >= 11 is 1.54. The highest BCUT2D eigenvalue weighted by atomic mass is 32.1. The number of rotatable bonds is 5. The fourth-order valence-electron chi connectivity index (χ4n) is 3.24. The van der Waals surface area contributed by atoms with Crippen LogP contribution in [0.2, 0.25) is 0 Å². The van der Waals surface area contributed by atoms with Crippen LogP contribution in [0.15, 0.2) is 48.7 Å². The van der Waals surface area contributed by atoms with Gasteiger partial charge in [0.1, 0.15) is 0 Å². The third-order valence-electron chi connectivity index (χ3n) is 4.62. The van der Waals surface area contributed by atoms with E-state index in [0.29, 0.717) is 6.54 Å². The number of ether oxygens (including phenoxy) is 1. The van der Waals surface area contributed by atoms with E-state index in [-0.39, 0.29) is 12.0 Å². The SMILES string of the molecule is CN(Cc1cn[nH]c1-c1ccccc1)C(=O)c1ccc(C2CCCO2)s1. The molecule has 1 aromatic carbocycles. The minimum atomic E-state index is 0.0273. The molecule has 0 bridgehead atoms. The number of benzene rings is 1. The number of H-pyrrole nitrogens is 1. The molecule has 1 aliphatic rings. The molecule has 0 saturated carbocycles. The van der Waals surface area contributed by atoms with Crippen molar-refractivity contribution in [2.75, 3.05) is 13.7 Å². The van der Waals surface area contributed by atoms with Gasteiger partial charge in [0.15, 0.2) is 0 Å². The standard InChI is InChI=1S/C20H21N3O2S/c1-23(13-15-12-21-22-19(15)14-6-3-2-4-7-14)20(24)18-10-9-17(26-18)16-8-5-11-25-16/h2-4,6-7,9-10,12,16H,5,8,11,13H2,1H3,(H,21,22). The molecule has 5 nitrogen and oxygen atoms in total. The summed E-state index contributed by atoms with van der Waals surface area (Å²) in [5.41, 5.74) is 3.03. The molecule has 1 aliphatic heterocycles. The lowest BCUT2D eigenvalue weighted by molar-refractivity contribution is 0.0790. The molecular formula is C20H21N3O2S. The Bertz CT molecular complexity index is 881. The lowest BCUT2D eigenvalue weighted by atomic mass is 10.1. The van der Waals surface area contributed by atoms with Crippen molar-refractivity contribution >= 4 is 17.2 Å². The van der Waals surface area contributed by atoms with Gasteiger partial charge in [-0.3, -0.25) is 9.89 Å². The Balaban J connectivity index is 1.48. The monoisotopic (exact) mass is 367 g/mol. The van der Waals surface area contributed by atoms with Crippen LogP contribution in [0.25, 0.3) is 11.3 Å². The van der Waals surface area contributed by atoms with Gasteiger partial charge in [0, 0.05) is 30.6 Å². The molecule has 1 amide bonds. The molecule has 0 spiro atoms. The molecule has 1 N–H and O–H groups in total. The van der Waals surface area contributed by atoms with Gasteiger partial charge in [-0.2, -0.15) is 5.10 Å². The number of nitrogens with zero attached hydrogens (tertiary/aromatic N) is 2. The van der Waals surface area contributed by atoms with Gasteiger partial charge in [-0.1, -0.05) is 30.3 Å². The third kappa shape index (κ3) is 3.43. The van der Waals surface area contributed by atoms with Gasteiger partial charge in [-0.05, 0) is 30.5 Å². The maximum atomic E-state index is 12.8. The summed E-state index contributed by atoms with van der Waals surface area (Å²) in [6.07, 6.45) is 4.08. The number of aromatic amines is 1. The number of amides is 1. The van der Waals surface area contributed by atoms with E-state index in [9.17, 15) is 4.79 Å². The van der Waals surface area contributed by atoms with Crippen molar-refractivity contribution in [3.63, 3.8) is 0 Å². The normalized spacial score (nSPS) is 16.7. The first kappa shape index (κ1) is 17.0. The molecule has 1 fully saturated rings. The van der Waals surface area contributed by atoms with E-state index in [0.717, 1.165) is 46.0 Å². The zero-order valence-electron chi connectivity index (χ0n) is 14.6. The van der Waals surface area contributed by atoms with Crippen LogP contribution in [-0.2, 0) is 11.3 Å². The van der Waals surface area contributed by atoms with Gasteiger partial charge >= 0.3 is 0 Å². The first-order chi connectivity index (χ1) is 12.7. The Morgan fingerprint density at radius 1 is 1.31 bits per heavy atom. The zero-order valence-corrected chi connectivity index (χ0v) is 15.5. The van der Waals surface area contributed by atoms with Gasteiger partial charge < -0.3 is 9.64 Å². The Morgan fingerprint density at radius 2 is 2.15 bits per heavy atom. The molecule has 1 atom stereocenters. The molecule has 134 valence electrons. The second-order valence-corrected chi connectivity index (χ2v) is 7.62. The summed E-state index contributed by atoms with van der Waals surface area (Å²) in [7, 11) is 1.83. The summed E-state index contributed by atoms with van der Waals surface area (Å²) in [5, 5.41) is 7.21. The number of nitrogens with one attached hydrogen (secondary N) is 1. The van der Waals surface area contributed by atoms with Crippen LogP contribution in [0.1, 0.15) is 39.1 Å². The predicted molar refractivity (Wildman–Crippen MR) is 102 cm³/mol. The minimum absolute atomic E-state index is 0.0273. The molecule has 6 heteroatoms. The molecule has 1 unspecified atom stereocenters. The molecular weight excluding hydrogens is 346 g/mol. The van der Waals surface area contributed by atoms with Crippen LogP contribution in [0.4, 0.5) is 0 Å². The van der Waals surface area contributed by atoms with Gasteiger partial charge in [0.2, 0.25) is 0 Å². The molecule has 3 heterocycles. The van der Waals surface area contributed by atoms with Gasteiger partial charge in [-0.25, -0.2) is 0 Å². The molecule has 0 radical (unpaired) electrons. The molecule has 1 saturated heterocycles. The first-order valence-electron chi connectivity index (χ1n) is 8.77. The fraction of sp³-hybridized carbons (Fsp3) is 0.300. The lowest BCUT2D eigenvalue weighted by Crippen LogP contribution is -2.25. The van der Waals surface area contributed by atoms with E-state index in [2.05, 4.69) is 10.2 Å². The molecule has 4 rings (SSSR count). The van der Waals surface area contributed by atoms with Crippen molar-refractivity contribution < 1.29 is 9.53 Å². The van der Waals surface area contributed by atoms with Crippen molar-refractivity contribution in [2.24, 2.45) is 0 Å². The van der Waals surface area contributed by atoms with Crippen LogP contribution in [0.3, 0.4) is 0 Å². The van der Waals surface area contributed by atoms with Gasteiger partial charge in [0.25, 0.3) is 5.91 Å². The third-order valence-corrected chi connectivity index (χ3v) is 5.78. The number of hydrogen-bond acceptors (Lipinski definition) is 4. The summed E-state index contributed by atoms with van der Waals surface area (Å²) < 4.78 is 5.72. The highest BCUT2D eigenvalue weighted by Crippen LogP contribution is 2.33. The largest absolute Gasteiger partial charge is 0.373 e. The van der Waals surface area contributed by atoms with Crippen LogP contribution in [0.5, 0.6) is 0 Å². The summed E-state index contributed by atoms with van der Waals surface area (Å²) in [5.74, 6) is 0.0273. The van der Waals surface area contributed by atoms with Crippen molar-refractivity contribution in [1.82, 2.24) is 15.1 Å². The predicted octanol–water partition coefficient (Wildman–Crippen LogP) is 4.26. The zero-order chi connectivity index (χ0) is 17.9. The highest BCUT2D eigenvalue weighted by Gasteiger charge is 2.22. The maximum absolute atomic E-state index is 12.8. The van der Waals surface area contributed by atoms with Crippen LogP contribution < -0.4 is 0 Å². The number of thiophene rings is 1. The summed E-state index contributed by atoms with van der Waals surface area (Å²) in [4.78, 5) is 16.4. The number of carbonyl (C=O) groups excluding carboxylic acids is 1. The Labute approximate surface area is 156 Å². The lowest BCUT2D eigenvalue weighted by Gasteiger charge is -2.16. The molecule has 26 heavy (non-hydrogen) atoms. The second-order valence-electron chi connectivity index (χ2n) is 6.50. The molecule has 0 aliphatic carbocycles. The first-order valence-corrected chi connectivity index (χ1v) is 9.58. The van der Waals surface area contributed by atoms with E-state index in [1.807, 2.05) is 49.5 Å². The molecule has 2 aromatic heterocycles. The van der Waals surface area contributed by atoms with Crippen LogP contribution >= 0.6 is 11.3 Å². The number of hydrogen-bond donors (Lipinski definition) is 1. The smallest absolute Gasteiger partial charge is 0.263 e. The van der Waals surface area contributed by atoms with Crippen molar-refractivity contribution in [1.29, 1.82) is 0 Å². The minimum Gasteiger partial charge on any atom is -0.373 e. The molecule has 3 aromatic rings. The van der Waals surface area contributed by atoms with Gasteiger partial charge in [-0.15, -0.1) is 11.3 Å². The summed E-state index contributed by atoms with van der Waals surface area (Å²) in [6.45, 7) is 1.32. The average molecular weight is 367 g/mol. The van der Waals surface area contributed by atoms with E-state index in [1.165, 1.54) is 0 Å². The summed E-state index contributed by atoms with van der Waals surface area (Å²) in [6, 6.07) is 14.0. The maximum Gasteiger partial charge on any atom is 0.263 e. The van der Waals surface area contributed by atoms with Crippen molar-refractivity contribution in [2.45, 2.75) is 25.5 Å². The second kappa shape index (κ2) is 7.43. The van der Waals surface area contributed by atoms with E-state index in [1.54, 1.807) is 22.4 Å². The van der Waals surface area contributed by atoms with Crippen LogP contribution in [-0.4, -0.2) is 34.7 Å². The Hall–Kier alpha value is -2.44. The fourth-order valence-corrected chi connectivity index (χ4v) is 4.33. The van der Waals surface area contributed by atoms with Crippen LogP contribution in [0, 0.1) is 0 Å². The number of aromatic nitrogens is 2. The average Bonchev–Trinajstić information content (AvgIpc) is 3.42. The van der Waals surface area contributed by atoms with Gasteiger partial charge in [0.05, 0.1) is 22.9 Å². The Morgan fingerprint density at radius 3 is 2.92 bits per heavy atom. The quantitative estimate of drug-likeness (QED) is 0.733. The Kier molecular flexibility index (Phi) is 4.86. The highest BCUT2D eigenvalue weighted by molar-refractivity contribution is 7.14. The van der Waals surface area contributed by atoms with E-state index in [4.69, 9.17) is 4.74 Å².